The SMILES string of the molecule is O=C(NCc1ccccc1Cl)C(=O)Nc1ccc2c(c1)N(S(=O)(=O)c1cccs1)CCC2. The number of sulfonamides is 1. The molecule has 32 heavy (non-hydrogen) atoms. The first kappa shape index (κ1) is 22.3. The summed E-state index contributed by atoms with van der Waals surface area (Å²) >= 11 is 7.23. The summed E-state index contributed by atoms with van der Waals surface area (Å²) in [5.74, 6) is -1.66. The van der Waals surface area contributed by atoms with Crippen LogP contribution in [0.2, 0.25) is 5.02 Å². The average Bonchev–Trinajstić information content (AvgIpc) is 3.34. The number of rotatable bonds is 5. The molecule has 0 saturated carbocycles. The summed E-state index contributed by atoms with van der Waals surface area (Å²) < 4.78 is 27.8. The van der Waals surface area contributed by atoms with Crippen LogP contribution in [0.25, 0.3) is 0 Å². The van der Waals surface area contributed by atoms with Gasteiger partial charge in [-0.2, -0.15) is 0 Å². The molecule has 2 amide bonds. The number of fused-ring (bicyclic) bond motifs is 1. The Balaban J connectivity index is 1.49. The molecule has 7 nitrogen and oxygen atoms in total. The molecule has 166 valence electrons. The van der Waals surface area contributed by atoms with Crippen molar-refractivity contribution in [1.29, 1.82) is 0 Å². The van der Waals surface area contributed by atoms with E-state index in [-0.39, 0.29) is 10.8 Å². The van der Waals surface area contributed by atoms with Crippen molar-refractivity contribution in [2.24, 2.45) is 0 Å². The highest BCUT2D eigenvalue weighted by Crippen LogP contribution is 2.35. The van der Waals surface area contributed by atoms with Crippen LogP contribution >= 0.6 is 22.9 Å². The van der Waals surface area contributed by atoms with Crippen LogP contribution < -0.4 is 14.9 Å². The smallest absolute Gasteiger partial charge is 0.313 e. The molecule has 0 atom stereocenters. The molecule has 2 aromatic carbocycles. The Morgan fingerprint density at radius 1 is 1.06 bits per heavy atom. The predicted molar refractivity (Wildman–Crippen MR) is 126 cm³/mol. The fourth-order valence-electron chi connectivity index (χ4n) is 3.47. The van der Waals surface area contributed by atoms with Crippen LogP contribution in [0.5, 0.6) is 0 Å². The molecule has 0 unspecified atom stereocenters. The van der Waals surface area contributed by atoms with E-state index in [2.05, 4.69) is 10.6 Å². The van der Waals surface area contributed by atoms with Crippen molar-refractivity contribution < 1.29 is 18.0 Å². The van der Waals surface area contributed by atoms with Crippen molar-refractivity contribution in [3.63, 3.8) is 0 Å². The first-order chi connectivity index (χ1) is 15.4. The van der Waals surface area contributed by atoms with Gasteiger partial charge in [0.05, 0.1) is 5.69 Å². The van der Waals surface area contributed by atoms with Gasteiger partial charge >= 0.3 is 11.8 Å². The van der Waals surface area contributed by atoms with Crippen LogP contribution in [-0.4, -0.2) is 26.8 Å². The third-order valence-electron chi connectivity index (χ3n) is 5.06. The van der Waals surface area contributed by atoms with Crippen molar-refractivity contribution >= 4 is 56.2 Å². The van der Waals surface area contributed by atoms with Crippen LogP contribution in [0.1, 0.15) is 17.5 Å². The lowest BCUT2D eigenvalue weighted by atomic mass is 10.0. The Labute approximate surface area is 195 Å². The van der Waals surface area contributed by atoms with Crippen molar-refractivity contribution in [2.45, 2.75) is 23.6 Å². The number of benzene rings is 2. The summed E-state index contributed by atoms with van der Waals surface area (Å²) in [5, 5.41) is 7.29. The normalized spacial score (nSPS) is 13.3. The number of hydrogen-bond donors (Lipinski definition) is 2. The van der Waals surface area contributed by atoms with E-state index >= 15 is 0 Å². The molecule has 2 heterocycles. The lowest BCUT2D eigenvalue weighted by Gasteiger charge is -2.30. The van der Waals surface area contributed by atoms with E-state index in [0.717, 1.165) is 23.3 Å². The highest BCUT2D eigenvalue weighted by atomic mass is 35.5. The summed E-state index contributed by atoms with van der Waals surface area (Å²) in [6, 6.07) is 15.3. The van der Waals surface area contributed by atoms with Gasteiger partial charge in [0.1, 0.15) is 4.21 Å². The van der Waals surface area contributed by atoms with Gasteiger partial charge in [-0.3, -0.25) is 13.9 Å². The Kier molecular flexibility index (Phi) is 6.50. The number of amides is 2. The molecule has 1 aliphatic rings. The molecule has 3 aromatic rings. The van der Waals surface area contributed by atoms with Gasteiger partial charge in [-0.1, -0.05) is 41.9 Å². The number of nitrogens with zero attached hydrogens (tertiary/aromatic N) is 1. The van der Waals surface area contributed by atoms with Gasteiger partial charge in [0, 0.05) is 23.8 Å². The maximum absolute atomic E-state index is 13.1. The van der Waals surface area contributed by atoms with Gasteiger partial charge in [0.15, 0.2) is 0 Å². The van der Waals surface area contributed by atoms with Gasteiger partial charge < -0.3 is 10.6 Å². The minimum Gasteiger partial charge on any atom is -0.344 e. The van der Waals surface area contributed by atoms with Gasteiger partial charge in [-0.15, -0.1) is 11.3 Å². The molecule has 1 aliphatic heterocycles. The number of anilines is 2. The van der Waals surface area contributed by atoms with E-state index in [1.54, 1.807) is 60.0 Å². The summed E-state index contributed by atoms with van der Waals surface area (Å²) in [6.07, 6.45) is 1.44. The maximum atomic E-state index is 13.1. The molecule has 0 fully saturated rings. The summed E-state index contributed by atoms with van der Waals surface area (Å²) in [5.41, 5.74) is 2.42. The van der Waals surface area contributed by atoms with E-state index < -0.39 is 21.8 Å². The molecule has 0 saturated heterocycles. The number of hydrogen-bond acceptors (Lipinski definition) is 5. The number of nitrogens with one attached hydrogen (secondary N) is 2. The zero-order valence-electron chi connectivity index (χ0n) is 16.9. The van der Waals surface area contributed by atoms with Gasteiger partial charge in [0.25, 0.3) is 10.0 Å². The molecule has 0 aliphatic carbocycles. The van der Waals surface area contributed by atoms with Crippen LogP contribution in [0.3, 0.4) is 0 Å². The Hall–Kier alpha value is -2.88. The fourth-order valence-corrected chi connectivity index (χ4v) is 6.31. The van der Waals surface area contributed by atoms with Crippen molar-refractivity contribution in [1.82, 2.24) is 5.32 Å². The third kappa shape index (κ3) is 4.64. The quantitative estimate of drug-likeness (QED) is 0.533. The van der Waals surface area contributed by atoms with E-state index in [0.29, 0.717) is 34.9 Å². The molecule has 4 rings (SSSR count). The molecular formula is C22H20ClN3O4S2. The van der Waals surface area contributed by atoms with Crippen LogP contribution in [-0.2, 0) is 32.6 Å². The van der Waals surface area contributed by atoms with E-state index in [1.165, 1.54) is 4.31 Å². The van der Waals surface area contributed by atoms with Crippen molar-refractivity contribution in [3.05, 3.63) is 76.1 Å². The number of halogens is 1. The van der Waals surface area contributed by atoms with Crippen LogP contribution in [0, 0.1) is 0 Å². The van der Waals surface area contributed by atoms with Crippen molar-refractivity contribution in [3.8, 4) is 0 Å². The van der Waals surface area contributed by atoms with E-state index in [9.17, 15) is 18.0 Å². The summed E-state index contributed by atoms with van der Waals surface area (Å²) in [7, 11) is -3.69. The fraction of sp³-hybridized carbons (Fsp3) is 0.182. The number of carbonyl (C=O) groups excluding carboxylic acids is 2. The zero-order chi connectivity index (χ0) is 22.7. The minimum atomic E-state index is -3.69. The largest absolute Gasteiger partial charge is 0.344 e. The molecule has 2 N–H and O–H groups in total. The molecule has 0 spiro atoms. The van der Waals surface area contributed by atoms with Crippen LogP contribution in [0.15, 0.2) is 64.2 Å². The molecule has 0 radical (unpaired) electrons. The lowest BCUT2D eigenvalue weighted by molar-refractivity contribution is -0.136. The van der Waals surface area contributed by atoms with Gasteiger partial charge in [-0.25, -0.2) is 8.42 Å². The summed E-state index contributed by atoms with van der Waals surface area (Å²) in [6.45, 7) is 0.464. The predicted octanol–water partition coefficient (Wildman–Crippen LogP) is 3.80. The third-order valence-corrected chi connectivity index (χ3v) is 8.62. The number of thiophene rings is 1. The molecule has 10 heteroatoms. The van der Waals surface area contributed by atoms with Gasteiger partial charge in [-0.05, 0) is 53.6 Å². The second kappa shape index (κ2) is 9.32. The second-order valence-electron chi connectivity index (χ2n) is 7.18. The van der Waals surface area contributed by atoms with E-state index in [1.807, 2.05) is 0 Å². The molecule has 1 aromatic heterocycles. The lowest BCUT2D eigenvalue weighted by Crippen LogP contribution is -2.36. The second-order valence-corrected chi connectivity index (χ2v) is 10.6. The number of carbonyl (C=O) groups is 2. The summed E-state index contributed by atoms with van der Waals surface area (Å²) in [4.78, 5) is 24.6. The van der Waals surface area contributed by atoms with Crippen LogP contribution in [0.4, 0.5) is 11.4 Å². The zero-order valence-corrected chi connectivity index (χ0v) is 19.3. The topological polar surface area (TPSA) is 95.6 Å². The monoisotopic (exact) mass is 489 g/mol. The molecule has 0 bridgehead atoms. The Morgan fingerprint density at radius 3 is 2.62 bits per heavy atom. The number of aryl methyl sites for hydroxylation is 1. The maximum Gasteiger partial charge on any atom is 0.313 e. The first-order valence-electron chi connectivity index (χ1n) is 9.88. The highest BCUT2D eigenvalue weighted by molar-refractivity contribution is 7.94. The Morgan fingerprint density at radius 2 is 1.88 bits per heavy atom. The van der Waals surface area contributed by atoms with E-state index in [4.69, 9.17) is 11.6 Å². The highest BCUT2D eigenvalue weighted by Gasteiger charge is 2.30. The first-order valence-corrected chi connectivity index (χ1v) is 12.6. The van der Waals surface area contributed by atoms with Crippen molar-refractivity contribution in [2.75, 3.05) is 16.2 Å². The minimum absolute atomic E-state index is 0.114. The van der Waals surface area contributed by atoms with Gasteiger partial charge in [0.2, 0.25) is 0 Å². The Bertz CT molecular complexity index is 1260. The molecular weight excluding hydrogens is 470 g/mol. The average molecular weight is 490 g/mol. The standard InChI is InChI=1S/C22H20ClN3O4S2/c23-18-7-2-1-5-16(18)14-24-21(27)22(28)25-17-10-9-15-6-3-11-26(19(15)13-17)32(29,30)20-8-4-12-31-20/h1-2,4-5,7-10,12-13H,3,6,11,14H2,(H,24,27)(H,25,28).